The van der Waals surface area contributed by atoms with Crippen molar-refractivity contribution in [1.82, 2.24) is 9.97 Å². The number of aldehydes is 1. The number of hydrogen-bond acceptors (Lipinski definition) is 2. The van der Waals surface area contributed by atoms with Crippen LogP contribution in [-0.2, 0) is 0 Å². The number of para-hydroxylation sites is 1. The lowest BCUT2D eigenvalue weighted by Crippen LogP contribution is -1.84. The summed E-state index contributed by atoms with van der Waals surface area (Å²) in [6, 6.07) is 9.81. The van der Waals surface area contributed by atoms with Gasteiger partial charge in [0.15, 0.2) is 6.29 Å². The number of fused-ring (bicyclic) bond motifs is 3. The van der Waals surface area contributed by atoms with Gasteiger partial charge in [-0.05, 0) is 12.1 Å². The average Bonchev–Trinajstić information content (AvgIpc) is 2.66. The van der Waals surface area contributed by atoms with Gasteiger partial charge in [-0.15, -0.1) is 0 Å². The van der Waals surface area contributed by atoms with Gasteiger partial charge in [0.05, 0.1) is 11.7 Å². The van der Waals surface area contributed by atoms with E-state index in [9.17, 15) is 4.79 Å². The molecule has 0 saturated carbocycles. The zero-order valence-corrected chi connectivity index (χ0v) is 7.90. The van der Waals surface area contributed by atoms with Gasteiger partial charge in [0.25, 0.3) is 0 Å². The molecule has 0 amide bonds. The summed E-state index contributed by atoms with van der Waals surface area (Å²) in [6.07, 6.45) is 2.46. The highest BCUT2D eigenvalue weighted by Gasteiger charge is 2.04. The summed E-state index contributed by atoms with van der Waals surface area (Å²) >= 11 is 0. The summed E-state index contributed by atoms with van der Waals surface area (Å²) in [5, 5.41) is 2.17. The Balaban J connectivity index is 2.51. The van der Waals surface area contributed by atoms with E-state index in [0.29, 0.717) is 5.69 Å². The largest absolute Gasteiger partial charge is 0.353 e. The molecule has 1 aromatic carbocycles. The maximum atomic E-state index is 10.6. The summed E-state index contributed by atoms with van der Waals surface area (Å²) in [6.45, 7) is 0. The topological polar surface area (TPSA) is 45.8 Å². The number of aromatic amines is 1. The standard InChI is InChI=1S/C12H8N2O/c15-7-8-5-10-9-3-1-2-4-11(9)14-12(10)6-13-8/h1-7,14H. The Hall–Kier alpha value is -2.16. The van der Waals surface area contributed by atoms with Crippen LogP contribution in [0.4, 0.5) is 0 Å². The van der Waals surface area contributed by atoms with E-state index in [1.54, 1.807) is 12.3 Å². The van der Waals surface area contributed by atoms with Crippen LogP contribution in [-0.4, -0.2) is 16.3 Å². The van der Waals surface area contributed by atoms with Crippen LogP contribution >= 0.6 is 0 Å². The maximum absolute atomic E-state index is 10.6. The van der Waals surface area contributed by atoms with Gasteiger partial charge >= 0.3 is 0 Å². The van der Waals surface area contributed by atoms with Crippen LogP contribution in [0, 0.1) is 0 Å². The number of hydrogen-bond donors (Lipinski definition) is 1. The van der Waals surface area contributed by atoms with Crippen LogP contribution in [0.3, 0.4) is 0 Å². The number of carbonyl (C=O) groups excluding carboxylic acids is 1. The van der Waals surface area contributed by atoms with Crippen molar-refractivity contribution >= 4 is 28.1 Å². The van der Waals surface area contributed by atoms with Crippen molar-refractivity contribution in [3.63, 3.8) is 0 Å². The first-order valence-electron chi connectivity index (χ1n) is 4.70. The first kappa shape index (κ1) is 8.17. The first-order chi connectivity index (χ1) is 7.38. The van der Waals surface area contributed by atoms with E-state index < -0.39 is 0 Å². The molecule has 0 radical (unpaired) electrons. The fraction of sp³-hybridized carbons (Fsp3) is 0. The molecule has 0 aliphatic heterocycles. The third kappa shape index (κ3) is 1.13. The van der Waals surface area contributed by atoms with Crippen molar-refractivity contribution in [2.24, 2.45) is 0 Å². The highest BCUT2D eigenvalue weighted by Crippen LogP contribution is 2.24. The molecule has 0 aliphatic rings. The number of pyridine rings is 1. The molecule has 2 heterocycles. The van der Waals surface area contributed by atoms with Crippen LogP contribution in [0.1, 0.15) is 10.5 Å². The number of nitrogens with one attached hydrogen (secondary N) is 1. The van der Waals surface area contributed by atoms with E-state index in [-0.39, 0.29) is 0 Å². The van der Waals surface area contributed by atoms with Gasteiger partial charge in [-0.25, -0.2) is 0 Å². The van der Waals surface area contributed by atoms with Crippen molar-refractivity contribution in [1.29, 1.82) is 0 Å². The van der Waals surface area contributed by atoms with Crippen LogP contribution < -0.4 is 0 Å². The molecule has 2 aromatic heterocycles. The minimum atomic E-state index is 0.465. The predicted molar refractivity (Wildman–Crippen MR) is 59.0 cm³/mol. The lowest BCUT2D eigenvalue weighted by Gasteiger charge is -1.91. The van der Waals surface area contributed by atoms with Gasteiger partial charge in [-0.2, -0.15) is 0 Å². The number of carbonyl (C=O) groups is 1. The smallest absolute Gasteiger partial charge is 0.168 e. The van der Waals surface area contributed by atoms with Crippen molar-refractivity contribution in [2.45, 2.75) is 0 Å². The van der Waals surface area contributed by atoms with Gasteiger partial charge in [0.2, 0.25) is 0 Å². The van der Waals surface area contributed by atoms with Crippen LogP contribution in [0.2, 0.25) is 0 Å². The molecule has 0 atom stereocenters. The first-order valence-corrected chi connectivity index (χ1v) is 4.70. The third-order valence-electron chi connectivity index (χ3n) is 2.53. The van der Waals surface area contributed by atoms with Gasteiger partial charge in [0.1, 0.15) is 5.69 Å². The van der Waals surface area contributed by atoms with E-state index in [4.69, 9.17) is 0 Å². The molecule has 15 heavy (non-hydrogen) atoms. The highest BCUT2D eigenvalue weighted by molar-refractivity contribution is 6.07. The molecule has 72 valence electrons. The van der Waals surface area contributed by atoms with Crippen molar-refractivity contribution in [3.05, 3.63) is 42.2 Å². The molecule has 3 aromatic rings. The number of H-pyrrole nitrogens is 1. The molecule has 0 spiro atoms. The van der Waals surface area contributed by atoms with Crippen molar-refractivity contribution in [3.8, 4) is 0 Å². The van der Waals surface area contributed by atoms with Crippen LogP contribution in [0.15, 0.2) is 36.5 Å². The molecule has 1 N–H and O–H groups in total. The van der Waals surface area contributed by atoms with Crippen LogP contribution in [0.25, 0.3) is 21.8 Å². The molecule has 3 rings (SSSR count). The Morgan fingerprint density at radius 3 is 2.87 bits per heavy atom. The SMILES string of the molecule is O=Cc1cc2c(cn1)[nH]c1ccccc12. The number of benzene rings is 1. The summed E-state index contributed by atoms with van der Waals surface area (Å²) in [7, 11) is 0. The predicted octanol–water partition coefficient (Wildman–Crippen LogP) is 2.53. The van der Waals surface area contributed by atoms with Gasteiger partial charge < -0.3 is 4.98 Å². The Bertz CT molecular complexity index is 655. The number of rotatable bonds is 1. The van der Waals surface area contributed by atoms with Gasteiger partial charge in [-0.3, -0.25) is 9.78 Å². The minimum Gasteiger partial charge on any atom is -0.353 e. The van der Waals surface area contributed by atoms with Crippen molar-refractivity contribution < 1.29 is 4.79 Å². The molecule has 0 saturated heterocycles. The van der Waals surface area contributed by atoms with Gasteiger partial charge in [-0.1, -0.05) is 18.2 Å². The second kappa shape index (κ2) is 2.92. The molecule has 0 bridgehead atoms. The average molecular weight is 196 g/mol. The molecular formula is C12H8N2O. The van der Waals surface area contributed by atoms with E-state index in [1.165, 1.54) is 0 Å². The summed E-state index contributed by atoms with van der Waals surface area (Å²) < 4.78 is 0. The number of aromatic nitrogens is 2. The Labute approximate surface area is 85.8 Å². The third-order valence-corrected chi connectivity index (χ3v) is 2.53. The number of nitrogens with zero attached hydrogens (tertiary/aromatic N) is 1. The van der Waals surface area contributed by atoms with E-state index in [0.717, 1.165) is 28.1 Å². The summed E-state index contributed by atoms with van der Waals surface area (Å²) in [5.74, 6) is 0. The molecular weight excluding hydrogens is 188 g/mol. The molecule has 0 unspecified atom stereocenters. The summed E-state index contributed by atoms with van der Waals surface area (Å²) in [4.78, 5) is 17.9. The molecule has 0 aliphatic carbocycles. The lowest BCUT2D eigenvalue weighted by atomic mass is 10.2. The van der Waals surface area contributed by atoms with Crippen molar-refractivity contribution in [2.75, 3.05) is 0 Å². The van der Waals surface area contributed by atoms with E-state index in [2.05, 4.69) is 9.97 Å². The molecule has 3 heteroatoms. The second-order valence-electron chi connectivity index (χ2n) is 3.44. The Morgan fingerprint density at radius 1 is 1.13 bits per heavy atom. The minimum absolute atomic E-state index is 0.465. The summed E-state index contributed by atoms with van der Waals surface area (Å²) in [5.41, 5.74) is 2.49. The van der Waals surface area contributed by atoms with Gasteiger partial charge in [0, 0.05) is 16.3 Å². The second-order valence-corrected chi connectivity index (χ2v) is 3.44. The van der Waals surface area contributed by atoms with E-state index >= 15 is 0 Å². The molecule has 0 fully saturated rings. The maximum Gasteiger partial charge on any atom is 0.168 e. The highest BCUT2D eigenvalue weighted by atomic mass is 16.1. The normalized spacial score (nSPS) is 10.9. The monoisotopic (exact) mass is 196 g/mol. The fourth-order valence-electron chi connectivity index (χ4n) is 1.83. The van der Waals surface area contributed by atoms with E-state index in [1.807, 2.05) is 24.3 Å². The quantitative estimate of drug-likeness (QED) is 0.608. The zero-order chi connectivity index (χ0) is 10.3. The Kier molecular flexibility index (Phi) is 1.59. The zero-order valence-electron chi connectivity index (χ0n) is 7.90. The Morgan fingerprint density at radius 2 is 2.00 bits per heavy atom. The molecule has 3 nitrogen and oxygen atoms in total. The lowest BCUT2D eigenvalue weighted by molar-refractivity contribution is 0.111. The fourth-order valence-corrected chi connectivity index (χ4v) is 1.83. The van der Waals surface area contributed by atoms with Crippen LogP contribution in [0.5, 0.6) is 0 Å².